The second kappa shape index (κ2) is 7.05. The number of ether oxygens (including phenoxy) is 1. The average Bonchev–Trinajstić information content (AvgIpc) is 2.54. The van der Waals surface area contributed by atoms with Crippen molar-refractivity contribution in [3.8, 4) is 0 Å². The molecule has 2 rings (SSSR count). The number of methoxy groups -OCH3 is 1. The smallest absolute Gasteiger partial charge is 0.360 e. The van der Waals surface area contributed by atoms with Crippen LogP contribution in [0.25, 0.3) is 0 Å². The van der Waals surface area contributed by atoms with Crippen molar-refractivity contribution in [2.45, 2.75) is 5.75 Å². The van der Waals surface area contributed by atoms with Gasteiger partial charge in [-0.05, 0) is 12.1 Å². The Bertz CT molecular complexity index is 893. The number of nitrogens with one attached hydrogen (secondary N) is 1. The normalized spacial score (nSPS) is 11.2. The van der Waals surface area contributed by atoms with E-state index in [1.54, 1.807) is 0 Å². The highest BCUT2D eigenvalue weighted by molar-refractivity contribution is 7.91. The molecule has 0 aliphatic rings. The first-order valence-corrected chi connectivity index (χ1v) is 8.30. The number of aromatic nitrogens is 2. The molecule has 0 unspecified atom stereocenters. The zero-order valence-electron chi connectivity index (χ0n) is 12.1. The maximum Gasteiger partial charge on any atom is 0.360 e. The predicted molar refractivity (Wildman–Crippen MR) is 81.0 cm³/mol. The zero-order chi connectivity index (χ0) is 17.9. The fraction of sp³-hybridized carbons (Fsp3) is 0.154. The molecule has 0 atom stereocenters. The molecule has 0 radical (unpaired) electrons. The maximum atomic E-state index is 13.7. The van der Waals surface area contributed by atoms with Crippen LogP contribution in [0.1, 0.15) is 16.1 Å². The van der Waals surface area contributed by atoms with Crippen LogP contribution >= 0.6 is 11.6 Å². The average molecular weight is 378 g/mol. The lowest BCUT2D eigenvalue weighted by molar-refractivity contribution is 0.0595. The molecular weight excluding hydrogens is 368 g/mol. The number of halogens is 3. The largest absolute Gasteiger partial charge is 0.464 e. The molecule has 1 aromatic heterocycles. The molecule has 128 valence electrons. The van der Waals surface area contributed by atoms with Crippen LogP contribution in [-0.2, 0) is 20.5 Å². The van der Waals surface area contributed by atoms with E-state index >= 15 is 0 Å². The van der Waals surface area contributed by atoms with Crippen molar-refractivity contribution in [3.05, 3.63) is 52.4 Å². The highest BCUT2D eigenvalue weighted by Gasteiger charge is 2.23. The van der Waals surface area contributed by atoms with Gasteiger partial charge in [-0.15, -0.1) is 0 Å². The molecule has 0 aliphatic carbocycles. The van der Waals surface area contributed by atoms with Gasteiger partial charge in [0.05, 0.1) is 17.9 Å². The number of hydrogen-bond donors (Lipinski definition) is 1. The summed E-state index contributed by atoms with van der Waals surface area (Å²) in [6, 6.07) is 1.54. The second-order valence-corrected chi connectivity index (χ2v) is 6.53. The predicted octanol–water partition coefficient (Wildman–Crippen LogP) is 2.14. The number of rotatable bonds is 5. The van der Waals surface area contributed by atoms with Gasteiger partial charge in [-0.3, -0.25) is 4.72 Å². The SMILES string of the molecule is COC(=O)c1nccnc1NS(=O)(=O)Cc1c(F)ccc(F)c1Cl. The van der Waals surface area contributed by atoms with Gasteiger partial charge in [-0.1, -0.05) is 11.6 Å². The van der Waals surface area contributed by atoms with E-state index in [-0.39, 0.29) is 5.69 Å². The molecule has 1 heterocycles. The highest BCUT2D eigenvalue weighted by atomic mass is 35.5. The van der Waals surface area contributed by atoms with Gasteiger partial charge in [0.1, 0.15) is 11.6 Å². The number of carbonyl (C=O) groups excluding carboxylic acids is 1. The summed E-state index contributed by atoms with van der Waals surface area (Å²) in [5, 5.41) is -0.646. The number of anilines is 1. The molecule has 0 saturated heterocycles. The van der Waals surface area contributed by atoms with Crippen LogP contribution in [0, 0.1) is 11.6 Å². The third-order valence-corrected chi connectivity index (χ3v) is 4.38. The molecule has 0 amide bonds. The van der Waals surface area contributed by atoms with Crippen LogP contribution in [0.5, 0.6) is 0 Å². The molecule has 0 aliphatic heterocycles. The molecule has 7 nitrogen and oxygen atoms in total. The molecule has 2 aromatic rings. The fourth-order valence-corrected chi connectivity index (χ4v) is 3.21. The first-order chi connectivity index (χ1) is 11.2. The molecule has 0 spiro atoms. The van der Waals surface area contributed by atoms with Crippen LogP contribution in [0.3, 0.4) is 0 Å². The summed E-state index contributed by atoms with van der Waals surface area (Å²) in [7, 11) is -3.18. The van der Waals surface area contributed by atoms with Crippen LogP contribution < -0.4 is 4.72 Å². The Kier molecular flexibility index (Phi) is 5.30. The van der Waals surface area contributed by atoms with Crippen molar-refractivity contribution in [3.63, 3.8) is 0 Å². The molecule has 24 heavy (non-hydrogen) atoms. The summed E-state index contributed by atoms with van der Waals surface area (Å²) in [6.45, 7) is 0. The Hall–Kier alpha value is -2.33. The Morgan fingerprint density at radius 3 is 2.54 bits per heavy atom. The molecule has 1 aromatic carbocycles. The van der Waals surface area contributed by atoms with Gasteiger partial charge in [0.15, 0.2) is 11.5 Å². The van der Waals surface area contributed by atoms with E-state index in [1.807, 2.05) is 4.72 Å². The fourth-order valence-electron chi connectivity index (χ4n) is 1.73. The molecule has 0 saturated carbocycles. The lowest BCUT2D eigenvalue weighted by Gasteiger charge is -2.11. The summed E-state index contributed by atoms with van der Waals surface area (Å²) < 4.78 is 57.9. The minimum absolute atomic E-state index is 0.380. The highest BCUT2D eigenvalue weighted by Crippen LogP contribution is 2.25. The van der Waals surface area contributed by atoms with Gasteiger partial charge < -0.3 is 4.74 Å². The number of benzene rings is 1. The van der Waals surface area contributed by atoms with E-state index in [0.29, 0.717) is 0 Å². The second-order valence-electron chi connectivity index (χ2n) is 4.43. The monoisotopic (exact) mass is 377 g/mol. The van der Waals surface area contributed by atoms with Crippen LogP contribution in [0.15, 0.2) is 24.5 Å². The Labute approximate surface area is 140 Å². The lowest BCUT2D eigenvalue weighted by Crippen LogP contribution is -2.20. The van der Waals surface area contributed by atoms with Crippen molar-refractivity contribution >= 4 is 33.4 Å². The standard InChI is InChI=1S/C13H10ClF2N3O4S/c1-23-13(20)11-12(18-5-4-17-11)19-24(21,22)6-7-8(15)2-3-9(16)10(7)14/h2-5H,6H2,1H3,(H,18,19). The van der Waals surface area contributed by atoms with Crippen molar-refractivity contribution in [2.24, 2.45) is 0 Å². The van der Waals surface area contributed by atoms with E-state index in [1.165, 1.54) is 0 Å². The van der Waals surface area contributed by atoms with E-state index in [4.69, 9.17) is 11.6 Å². The van der Waals surface area contributed by atoms with Crippen LogP contribution in [0.2, 0.25) is 5.02 Å². The molecule has 0 fully saturated rings. The molecular formula is C13H10ClF2N3O4S. The van der Waals surface area contributed by atoms with Crippen LogP contribution in [0.4, 0.5) is 14.6 Å². The van der Waals surface area contributed by atoms with Crippen molar-refractivity contribution in [2.75, 3.05) is 11.8 Å². The third kappa shape index (κ3) is 3.95. The molecule has 0 bridgehead atoms. The number of sulfonamides is 1. The Morgan fingerprint density at radius 2 is 1.88 bits per heavy atom. The van der Waals surface area contributed by atoms with E-state index in [2.05, 4.69) is 14.7 Å². The van der Waals surface area contributed by atoms with Crippen molar-refractivity contribution in [1.82, 2.24) is 9.97 Å². The molecule has 1 N–H and O–H groups in total. The summed E-state index contributed by atoms with van der Waals surface area (Å²) in [4.78, 5) is 18.9. The third-order valence-electron chi connectivity index (χ3n) is 2.80. The minimum atomic E-state index is -4.27. The van der Waals surface area contributed by atoms with Gasteiger partial charge in [0.25, 0.3) is 0 Å². The Balaban J connectivity index is 2.35. The van der Waals surface area contributed by atoms with Gasteiger partial charge in [0, 0.05) is 18.0 Å². The van der Waals surface area contributed by atoms with Gasteiger partial charge >= 0.3 is 5.97 Å². The van der Waals surface area contributed by atoms with E-state index < -0.39 is 49.8 Å². The lowest BCUT2D eigenvalue weighted by atomic mass is 10.2. The van der Waals surface area contributed by atoms with Gasteiger partial charge in [-0.25, -0.2) is 32.0 Å². The van der Waals surface area contributed by atoms with Gasteiger partial charge in [0.2, 0.25) is 10.0 Å². The Morgan fingerprint density at radius 1 is 1.25 bits per heavy atom. The van der Waals surface area contributed by atoms with Crippen molar-refractivity contribution < 1.29 is 26.7 Å². The summed E-state index contributed by atoms with van der Waals surface area (Å²) in [6.07, 6.45) is 2.30. The maximum absolute atomic E-state index is 13.7. The summed E-state index contributed by atoms with van der Waals surface area (Å²) in [5.74, 6) is -4.24. The summed E-state index contributed by atoms with van der Waals surface area (Å²) in [5.41, 5.74) is -0.929. The topological polar surface area (TPSA) is 98.2 Å². The number of nitrogens with zero attached hydrogens (tertiary/aromatic N) is 2. The molecule has 11 heteroatoms. The number of hydrogen-bond acceptors (Lipinski definition) is 6. The van der Waals surface area contributed by atoms with E-state index in [0.717, 1.165) is 31.6 Å². The zero-order valence-corrected chi connectivity index (χ0v) is 13.7. The number of esters is 1. The minimum Gasteiger partial charge on any atom is -0.464 e. The van der Waals surface area contributed by atoms with E-state index in [9.17, 15) is 22.0 Å². The quantitative estimate of drug-likeness (QED) is 0.633. The number of carbonyl (C=O) groups is 1. The first-order valence-electron chi connectivity index (χ1n) is 6.27. The van der Waals surface area contributed by atoms with Crippen LogP contribution in [-0.4, -0.2) is 31.5 Å². The summed E-state index contributed by atoms with van der Waals surface area (Å²) >= 11 is 5.60. The first kappa shape index (κ1) is 18.0. The van der Waals surface area contributed by atoms with Gasteiger partial charge in [-0.2, -0.15) is 0 Å². The van der Waals surface area contributed by atoms with Crippen molar-refractivity contribution in [1.29, 1.82) is 0 Å².